The van der Waals surface area contributed by atoms with E-state index in [1.807, 2.05) is 39.8 Å². The van der Waals surface area contributed by atoms with Gasteiger partial charge < -0.3 is 19.9 Å². The number of piperidine rings is 1. The van der Waals surface area contributed by atoms with Crippen LogP contribution in [0.15, 0.2) is 24.5 Å². The summed E-state index contributed by atoms with van der Waals surface area (Å²) in [5, 5.41) is 4.93. The fourth-order valence-electron chi connectivity index (χ4n) is 4.65. The second-order valence-corrected chi connectivity index (χ2v) is 12.6. The molecule has 1 N–H and O–H groups in total. The third-order valence-corrected chi connectivity index (χ3v) is 7.75. The molecule has 10 nitrogen and oxygen atoms in total. The van der Waals surface area contributed by atoms with Gasteiger partial charge in [-0.2, -0.15) is 4.31 Å². The number of fused-ring (bicyclic) bond motifs is 1. The Morgan fingerprint density at radius 3 is 2.58 bits per heavy atom. The smallest absolute Gasteiger partial charge is 0.410 e. The lowest BCUT2D eigenvalue weighted by molar-refractivity contribution is 0.0218. The zero-order valence-electron chi connectivity index (χ0n) is 21.4. The van der Waals surface area contributed by atoms with Gasteiger partial charge in [-0.15, -0.1) is 0 Å². The molecule has 0 aromatic carbocycles. The number of aromatic nitrogens is 2. The summed E-state index contributed by atoms with van der Waals surface area (Å²) in [4.78, 5) is 25.5. The number of carbonyl (C=O) groups excluding carboxylic acids is 1. The van der Waals surface area contributed by atoms with E-state index in [9.17, 15) is 17.6 Å². The SMILES string of the molecule is C[C@H]1CN(C(=O)OC(C)(C)C)CCN1c1nccc2cnc(N[C@@H]3CCN(S(C)(=O)=O)C[C@H]3F)cc12. The van der Waals surface area contributed by atoms with Crippen molar-refractivity contribution < 1.29 is 22.3 Å². The van der Waals surface area contributed by atoms with E-state index < -0.39 is 27.8 Å². The van der Waals surface area contributed by atoms with Crippen LogP contribution < -0.4 is 10.2 Å². The van der Waals surface area contributed by atoms with Crippen LogP contribution in [0, 0.1) is 0 Å². The fraction of sp³-hybridized carbons (Fsp3) is 0.625. The minimum absolute atomic E-state index is 0.00415. The number of rotatable bonds is 4. The zero-order valence-corrected chi connectivity index (χ0v) is 22.3. The van der Waals surface area contributed by atoms with Crippen molar-refractivity contribution in [3.05, 3.63) is 24.5 Å². The first-order valence-electron chi connectivity index (χ1n) is 12.2. The Morgan fingerprint density at radius 2 is 1.94 bits per heavy atom. The van der Waals surface area contributed by atoms with Crippen LogP contribution in [0.2, 0.25) is 0 Å². The third kappa shape index (κ3) is 5.97. The summed E-state index contributed by atoms with van der Waals surface area (Å²) in [7, 11) is -3.42. The summed E-state index contributed by atoms with van der Waals surface area (Å²) in [6.07, 6.45) is 3.23. The van der Waals surface area contributed by atoms with Crippen LogP contribution in [0.4, 0.5) is 20.8 Å². The highest BCUT2D eigenvalue weighted by molar-refractivity contribution is 7.88. The molecule has 0 spiro atoms. The number of sulfonamides is 1. The monoisotopic (exact) mass is 522 g/mol. The van der Waals surface area contributed by atoms with Crippen molar-refractivity contribution in [2.24, 2.45) is 0 Å². The average Bonchev–Trinajstić information content (AvgIpc) is 2.78. The number of pyridine rings is 2. The maximum absolute atomic E-state index is 14.8. The van der Waals surface area contributed by atoms with Crippen LogP contribution in [0.25, 0.3) is 10.8 Å². The first kappa shape index (κ1) is 26.3. The van der Waals surface area contributed by atoms with E-state index in [4.69, 9.17) is 4.74 Å². The number of alkyl halides is 1. The van der Waals surface area contributed by atoms with Crippen LogP contribution in [0.3, 0.4) is 0 Å². The molecule has 36 heavy (non-hydrogen) atoms. The predicted molar refractivity (Wildman–Crippen MR) is 137 cm³/mol. The summed E-state index contributed by atoms with van der Waals surface area (Å²) in [6, 6.07) is 3.20. The molecule has 4 rings (SSSR count). The van der Waals surface area contributed by atoms with Crippen molar-refractivity contribution in [2.75, 3.05) is 49.2 Å². The van der Waals surface area contributed by atoms with Gasteiger partial charge in [0.05, 0.1) is 12.3 Å². The van der Waals surface area contributed by atoms with Gasteiger partial charge >= 0.3 is 6.09 Å². The van der Waals surface area contributed by atoms with Gasteiger partial charge in [0.1, 0.15) is 23.4 Å². The van der Waals surface area contributed by atoms with Crippen molar-refractivity contribution in [3.8, 4) is 0 Å². The van der Waals surface area contributed by atoms with Gasteiger partial charge in [-0.25, -0.2) is 27.6 Å². The molecule has 0 bridgehead atoms. The molecule has 2 aromatic rings. The summed E-state index contributed by atoms with van der Waals surface area (Å²) in [6.45, 7) is 9.29. The first-order chi connectivity index (χ1) is 16.8. The molecule has 4 heterocycles. The summed E-state index contributed by atoms with van der Waals surface area (Å²) in [5.41, 5.74) is -0.551. The summed E-state index contributed by atoms with van der Waals surface area (Å²) >= 11 is 0. The molecule has 0 saturated carbocycles. The van der Waals surface area contributed by atoms with Gasteiger partial charge in [0, 0.05) is 61.9 Å². The maximum atomic E-state index is 14.8. The zero-order chi connectivity index (χ0) is 26.3. The standard InChI is InChI=1S/C24H35FN6O4S/c1-16-14-29(23(32)35-24(2,3)4)10-11-31(16)22-18-12-21(27-13-17(18)6-8-26-22)28-20-7-9-30(15-19(20)25)36(5,33)34/h6,8,12-13,16,19-20H,7,9-11,14-15H2,1-5H3,(H,27,28)/t16-,19+,20+/m0/s1. The number of piperazine rings is 1. The lowest BCUT2D eigenvalue weighted by atomic mass is 10.0. The first-order valence-corrected chi connectivity index (χ1v) is 14.0. The molecule has 0 unspecified atom stereocenters. The molecule has 0 aliphatic carbocycles. The average molecular weight is 523 g/mol. The second-order valence-electron chi connectivity index (χ2n) is 10.6. The van der Waals surface area contributed by atoms with Crippen molar-refractivity contribution in [2.45, 2.75) is 58.0 Å². The largest absolute Gasteiger partial charge is 0.444 e. The fourth-order valence-corrected chi connectivity index (χ4v) is 5.50. The van der Waals surface area contributed by atoms with Crippen molar-refractivity contribution in [1.82, 2.24) is 19.2 Å². The molecular formula is C24H35FN6O4S. The molecule has 2 aromatic heterocycles. The number of halogens is 1. The van der Waals surface area contributed by atoms with E-state index in [2.05, 4.69) is 20.2 Å². The van der Waals surface area contributed by atoms with Crippen LogP contribution in [-0.4, -0.2) is 96.5 Å². The number of nitrogens with zero attached hydrogens (tertiary/aromatic N) is 5. The predicted octanol–water partition coefficient (Wildman–Crippen LogP) is 2.86. The van der Waals surface area contributed by atoms with E-state index >= 15 is 0 Å². The lowest BCUT2D eigenvalue weighted by Crippen LogP contribution is -2.54. The van der Waals surface area contributed by atoms with Gasteiger partial charge in [-0.05, 0) is 46.2 Å². The number of hydrogen-bond acceptors (Lipinski definition) is 8. The Hall–Kier alpha value is -2.73. The van der Waals surface area contributed by atoms with Gasteiger partial charge in [0.15, 0.2) is 0 Å². The van der Waals surface area contributed by atoms with Crippen LogP contribution >= 0.6 is 0 Å². The van der Waals surface area contributed by atoms with E-state index in [0.717, 1.165) is 22.8 Å². The van der Waals surface area contributed by atoms with E-state index in [1.165, 1.54) is 4.31 Å². The van der Waals surface area contributed by atoms with E-state index in [1.54, 1.807) is 17.3 Å². The topological polar surface area (TPSA) is 108 Å². The van der Waals surface area contributed by atoms with E-state index in [-0.39, 0.29) is 25.2 Å². The van der Waals surface area contributed by atoms with Crippen LogP contribution in [0.1, 0.15) is 34.1 Å². The highest BCUT2D eigenvalue weighted by Gasteiger charge is 2.34. The minimum Gasteiger partial charge on any atom is -0.444 e. The van der Waals surface area contributed by atoms with Gasteiger partial charge in [0.25, 0.3) is 0 Å². The Balaban J connectivity index is 1.50. The molecular weight excluding hydrogens is 487 g/mol. The Kier molecular flexibility index (Phi) is 7.29. The molecule has 0 radical (unpaired) electrons. The van der Waals surface area contributed by atoms with E-state index in [0.29, 0.717) is 31.9 Å². The molecule has 2 saturated heterocycles. The summed E-state index contributed by atoms with van der Waals surface area (Å²) in [5.74, 6) is 1.29. The number of hydrogen-bond donors (Lipinski definition) is 1. The molecule has 198 valence electrons. The number of anilines is 2. The minimum atomic E-state index is -3.42. The Labute approximate surface area is 211 Å². The second kappa shape index (κ2) is 9.97. The molecule has 2 fully saturated rings. The Morgan fingerprint density at radius 1 is 1.19 bits per heavy atom. The third-order valence-electron chi connectivity index (χ3n) is 6.48. The van der Waals surface area contributed by atoms with Crippen LogP contribution in [-0.2, 0) is 14.8 Å². The highest BCUT2D eigenvalue weighted by Crippen LogP contribution is 2.30. The number of ether oxygens (including phenoxy) is 1. The molecule has 3 atom stereocenters. The van der Waals surface area contributed by atoms with Crippen LogP contribution in [0.5, 0.6) is 0 Å². The normalized spacial score (nSPS) is 24.1. The van der Waals surface area contributed by atoms with Gasteiger partial charge in [0.2, 0.25) is 10.0 Å². The number of carbonyl (C=O) groups is 1. The van der Waals surface area contributed by atoms with Crippen molar-refractivity contribution in [3.63, 3.8) is 0 Å². The quantitative estimate of drug-likeness (QED) is 0.653. The summed E-state index contributed by atoms with van der Waals surface area (Å²) < 4.78 is 45.0. The number of nitrogens with one attached hydrogen (secondary N) is 1. The Bertz CT molecular complexity index is 1220. The number of amides is 1. The highest BCUT2D eigenvalue weighted by atomic mass is 32.2. The molecule has 2 aliphatic heterocycles. The lowest BCUT2D eigenvalue weighted by Gasteiger charge is -2.41. The molecule has 2 aliphatic rings. The van der Waals surface area contributed by atoms with Gasteiger partial charge in [-0.3, -0.25) is 0 Å². The van der Waals surface area contributed by atoms with Crippen molar-refractivity contribution >= 4 is 38.5 Å². The van der Waals surface area contributed by atoms with Gasteiger partial charge in [-0.1, -0.05) is 0 Å². The molecule has 12 heteroatoms. The molecule has 1 amide bonds. The maximum Gasteiger partial charge on any atom is 0.410 e. The van der Waals surface area contributed by atoms with Crippen molar-refractivity contribution in [1.29, 1.82) is 0 Å².